The van der Waals surface area contributed by atoms with Gasteiger partial charge in [-0.25, -0.2) is 4.98 Å². The Balaban J connectivity index is 2.13. The number of aryl methyl sites for hydroxylation is 1. The number of carbonyl (C=O) groups is 2. The van der Waals surface area contributed by atoms with Crippen molar-refractivity contribution in [1.82, 2.24) is 15.8 Å². The van der Waals surface area contributed by atoms with Gasteiger partial charge in [0.25, 0.3) is 5.91 Å². The Morgan fingerprint density at radius 2 is 1.74 bits per heavy atom. The number of halogens is 1. The Kier molecular flexibility index (Phi) is 5.06. The second-order valence-electron chi connectivity index (χ2n) is 6.10. The quantitative estimate of drug-likeness (QED) is 0.812. The molecule has 1 aromatic heterocycles. The summed E-state index contributed by atoms with van der Waals surface area (Å²) in [6.45, 7) is 7.07. The van der Waals surface area contributed by atoms with Crippen molar-refractivity contribution in [2.24, 2.45) is 5.41 Å². The summed E-state index contributed by atoms with van der Waals surface area (Å²) in [6, 6.07) is 7.25. The molecule has 23 heavy (non-hydrogen) atoms. The monoisotopic (exact) mass is 351 g/mol. The molecule has 7 heteroatoms. The molecule has 2 N–H and O–H groups in total. The van der Waals surface area contributed by atoms with Crippen molar-refractivity contribution in [3.05, 3.63) is 39.9 Å². The highest BCUT2D eigenvalue weighted by Gasteiger charge is 2.23. The van der Waals surface area contributed by atoms with E-state index in [1.54, 1.807) is 39.8 Å². The first-order valence-electron chi connectivity index (χ1n) is 7.02. The first-order chi connectivity index (χ1) is 10.7. The Bertz CT molecular complexity index is 733. The van der Waals surface area contributed by atoms with Crippen molar-refractivity contribution in [3.63, 3.8) is 0 Å². The number of rotatable bonds is 2. The SMILES string of the molecule is Cc1nc(-c2ccc(Cl)cc2)sc1C(=O)NNC(=O)C(C)(C)C. The number of hydrazine groups is 1. The van der Waals surface area contributed by atoms with Gasteiger partial charge in [-0.15, -0.1) is 11.3 Å². The van der Waals surface area contributed by atoms with Gasteiger partial charge in [-0.2, -0.15) is 0 Å². The van der Waals surface area contributed by atoms with Gasteiger partial charge >= 0.3 is 0 Å². The molecule has 0 saturated heterocycles. The van der Waals surface area contributed by atoms with Crippen LogP contribution in [0.4, 0.5) is 0 Å². The molecule has 0 fully saturated rings. The van der Waals surface area contributed by atoms with Gasteiger partial charge < -0.3 is 0 Å². The van der Waals surface area contributed by atoms with Crippen LogP contribution >= 0.6 is 22.9 Å². The normalized spacial score (nSPS) is 11.2. The van der Waals surface area contributed by atoms with Crippen molar-refractivity contribution in [3.8, 4) is 10.6 Å². The lowest BCUT2D eigenvalue weighted by Crippen LogP contribution is -2.46. The van der Waals surface area contributed by atoms with E-state index in [-0.39, 0.29) is 11.8 Å². The van der Waals surface area contributed by atoms with E-state index >= 15 is 0 Å². The first-order valence-corrected chi connectivity index (χ1v) is 8.22. The summed E-state index contributed by atoms with van der Waals surface area (Å²) in [6.07, 6.45) is 0. The summed E-state index contributed by atoms with van der Waals surface area (Å²) in [4.78, 5) is 28.9. The molecule has 0 atom stereocenters. The van der Waals surface area contributed by atoms with Crippen molar-refractivity contribution in [2.45, 2.75) is 27.7 Å². The minimum absolute atomic E-state index is 0.258. The lowest BCUT2D eigenvalue weighted by atomic mass is 9.96. The summed E-state index contributed by atoms with van der Waals surface area (Å²) < 4.78 is 0. The van der Waals surface area contributed by atoms with Crippen LogP contribution < -0.4 is 10.9 Å². The van der Waals surface area contributed by atoms with Crippen molar-refractivity contribution < 1.29 is 9.59 Å². The molecule has 0 spiro atoms. The molecular weight excluding hydrogens is 334 g/mol. The highest BCUT2D eigenvalue weighted by molar-refractivity contribution is 7.17. The lowest BCUT2D eigenvalue weighted by molar-refractivity contribution is -0.129. The van der Waals surface area contributed by atoms with E-state index in [4.69, 9.17) is 11.6 Å². The van der Waals surface area contributed by atoms with Crippen molar-refractivity contribution in [2.75, 3.05) is 0 Å². The molecule has 0 bridgehead atoms. The molecule has 2 amide bonds. The Hall–Kier alpha value is -1.92. The van der Waals surface area contributed by atoms with E-state index in [0.29, 0.717) is 15.6 Å². The van der Waals surface area contributed by atoms with Crippen LogP contribution in [0.1, 0.15) is 36.1 Å². The fraction of sp³-hybridized carbons (Fsp3) is 0.312. The largest absolute Gasteiger partial charge is 0.281 e. The van der Waals surface area contributed by atoms with E-state index in [1.807, 2.05) is 12.1 Å². The zero-order valence-corrected chi connectivity index (χ0v) is 14.9. The third kappa shape index (κ3) is 4.30. The summed E-state index contributed by atoms with van der Waals surface area (Å²) >= 11 is 7.14. The van der Waals surface area contributed by atoms with Gasteiger partial charge in [-0.3, -0.25) is 20.4 Å². The van der Waals surface area contributed by atoms with Crippen LogP contribution in [-0.4, -0.2) is 16.8 Å². The van der Waals surface area contributed by atoms with Crippen LogP contribution in [0.25, 0.3) is 10.6 Å². The minimum atomic E-state index is -0.579. The topological polar surface area (TPSA) is 71.1 Å². The second kappa shape index (κ2) is 6.68. The predicted octanol–water partition coefficient (Wildman–Crippen LogP) is 3.58. The molecule has 2 rings (SSSR count). The Morgan fingerprint density at radius 3 is 2.30 bits per heavy atom. The van der Waals surface area contributed by atoms with Crippen LogP contribution in [-0.2, 0) is 4.79 Å². The number of carbonyl (C=O) groups excluding carboxylic acids is 2. The average Bonchev–Trinajstić information content (AvgIpc) is 2.86. The van der Waals surface area contributed by atoms with Crippen LogP contribution in [0, 0.1) is 12.3 Å². The van der Waals surface area contributed by atoms with Gasteiger partial charge in [0.15, 0.2) is 0 Å². The molecule has 2 aromatic rings. The Labute approximate surface area is 144 Å². The lowest BCUT2D eigenvalue weighted by Gasteiger charge is -2.17. The van der Waals surface area contributed by atoms with Crippen LogP contribution in [0.5, 0.6) is 0 Å². The molecule has 122 valence electrons. The minimum Gasteiger partial charge on any atom is -0.273 e. The third-order valence-electron chi connectivity index (χ3n) is 3.06. The molecule has 0 aliphatic carbocycles. The number of hydrogen-bond acceptors (Lipinski definition) is 4. The number of benzene rings is 1. The van der Waals surface area contributed by atoms with Crippen LogP contribution in [0.2, 0.25) is 5.02 Å². The molecule has 0 radical (unpaired) electrons. The summed E-state index contributed by atoms with van der Waals surface area (Å²) in [5.41, 5.74) is 5.78. The van der Waals surface area contributed by atoms with E-state index in [2.05, 4.69) is 15.8 Å². The maximum Gasteiger partial charge on any atom is 0.281 e. The van der Waals surface area contributed by atoms with Gasteiger partial charge in [0, 0.05) is 16.0 Å². The van der Waals surface area contributed by atoms with Crippen LogP contribution in [0.3, 0.4) is 0 Å². The number of aromatic nitrogens is 1. The van der Waals surface area contributed by atoms with Crippen molar-refractivity contribution in [1.29, 1.82) is 0 Å². The van der Waals surface area contributed by atoms with Gasteiger partial charge in [-0.05, 0) is 19.1 Å². The maximum atomic E-state index is 12.2. The zero-order valence-electron chi connectivity index (χ0n) is 13.4. The number of nitrogens with zero attached hydrogens (tertiary/aromatic N) is 1. The second-order valence-corrected chi connectivity index (χ2v) is 7.53. The molecule has 0 unspecified atom stereocenters. The average molecular weight is 352 g/mol. The van der Waals surface area contributed by atoms with Crippen LogP contribution in [0.15, 0.2) is 24.3 Å². The first kappa shape index (κ1) is 17.4. The van der Waals surface area contributed by atoms with E-state index in [1.165, 1.54) is 11.3 Å². The molecule has 1 aromatic carbocycles. The highest BCUT2D eigenvalue weighted by Crippen LogP contribution is 2.28. The molecule has 0 aliphatic rings. The summed E-state index contributed by atoms with van der Waals surface area (Å²) in [7, 11) is 0. The molecule has 0 saturated carbocycles. The number of thiazole rings is 1. The molecular formula is C16H18ClN3O2S. The van der Waals surface area contributed by atoms with E-state index < -0.39 is 5.41 Å². The number of amides is 2. The molecule has 0 aliphatic heterocycles. The summed E-state index contributed by atoms with van der Waals surface area (Å²) in [5.74, 6) is -0.635. The van der Waals surface area contributed by atoms with Crippen molar-refractivity contribution >= 4 is 34.8 Å². The zero-order chi connectivity index (χ0) is 17.2. The molecule has 1 heterocycles. The fourth-order valence-corrected chi connectivity index (χ4v) is 2.77. The summed E-state index contributed by atoms with van der Waals surface area (Å²) in [5, 5.41) is 1.37. The van der Waals surface area contributed by atoms with E-state index in [9.17, 15) is 9.59 Å². The predicted molar refractivity (Wildman–Crippen MR) is 92.4 cm³/mol. The number of nitrogens with one attached hydrogen (secondary N) is 2. The Morgan fingerprint density at radius 1 is 1.13 bits per heavy atom. The number of hydrogen-bond donors (Lipinski definition) is 2. The standard InChI is InChI=1S/C16H18ClN3O2S/c1-9-12(13(21)19-20-15(22)16(2,3)4)23-14(18-9)10-5-7-11(17)8-6-10/h5-8H,1-4H3,(H,19,21)(H,20,22). The fourth-order valence-electron chi connectivity index (χ4n) is 1.68. The van der Waals surface area contributed by atoms with Gasteiger partial charge in [0.1, 0.15) is 9.88 Å². The third-order valence-corrected chi connectivity index (χ3v) is 4.52. The molecule has 5 nitrogen and oxygen atoms in total. The van der Waals surface area contributed by atoms with Gasteiger partial charge in [0.05, 0.1) is 5.69 Å². The highest BCUT2D eigenvalue weighted by atomic mass is 35.5. The smallest absolute Gasteiger partial charge is 0.273 e. The van der Waals surface area contributed by atoms with Gasteiger partial charge in [-0.1, -0.05) is 44.5 Å². The van der Waals surface area contributed by atoms with Gasteiger partial charge in [0.2, 0.25) is 5.91 Å². The van der Waals surface area contributed by atoms with E-state index in [0.717, 1.165) is 10.6 Å². The maximum absolute atomic E-state index is 12.2.